The van der Waals surface area contributed by atoms with Gasteiger partial charge in [-0.05, 0) is 41.8 Å². The largest absolute Gasteiger partial charge is 0.493 e. The second kappa shape index (κ2) is 9.11. The Balaban J connectivity index is 1.88. The molecular weight excluding hydrogens is 408 g/mol. The first-order chi connectivity index (χ1) is 13.9. The van der Waals surface area contributed by atoms with Crippen molar-refractivity contribution in [3.8, 4) is 11.5 Å². The van der Waals surface area contributed by atoms with E-state index >= 15 is 0 Å². The Morgan fingerprint density at radius 3 is 2.69 bits per heavy atom. The van der Waals surface area contributed by atoms with Gasteiger partial charge in [0.1, 0.15) is 0 Å². The van der Waals surface area contributed by atoms with Crippen LogP contribution < -0.4 is 20.1 Å². The van der Waals surface area contributed by atoms with Gasteiger partial charge in [0.05, 0.1) is 17.7 Å². The smallest absolute Gasteiger partial charge is 0.270 e. The lowest BCUT2D eigenvalue weighted by Crippen LogP contribution is -2.28. The van der Waals surface area contributed by atoms with Gasteiger partial charge >= 0.3 is 0 Å². The summed E-state index contributed by atoms with van der Waals surface area (Å²) in [6, 6.07) is 12.9. The minimum Gasteiger partial charge on any atom is -0.493 e. The number of amides is 2. The molecule has 2 N–H and O–H groups in total. The second-order valence-electron chi connectivity index (χ2n) is 6.16. The van der Waals surface area contributed by atoms with E-state index in [9.17, 15) is 9.59 Å². The molecule has 0 radical (unpaired) electrons. The molecule has 0 saturated carbocycles. The third-order valence-corrected chi connectivity index (χ3v) is 5.56. The molecule has 3 rings (SSSR count). The fraction of sp³-hybridized carbons (Fsp3) is 0.190. The fourth-order valence-corrected chi connectivity index (χ4v) is 4.18. The number of carbonyl (C=O) groups excluding carboxylic acids is 2. The van der Waals surface area contributed by atoms with E-state index in [1.807, 2.05) is 31.2 Å². The minimum atomic E-state index is -0.577. The number of carbonyl (C=O) groups is 2. The number of ether oxygens (including phenoxy) is 2. The molecule has 0 spiro atoms. The minimum absolute atomic E-state index is 0.158. The van der Waals surface area contributed by atoms with Crippen LogP contribution in [0.25, 0.3) is 6.08 Å². The maximum absolute atomic E-state index is 13.0. The highest BCUT2D eigenvalue weighted by Gasteiger charge is 2.34. The van der Waals surface area contributed by atoms with Crippen molar-refractivity contribution in [1.82, 2.24) is 0 Å². The van der Waals surface area contributed by atoms with Crippen LogP contribution in [0.2, 0.25) is 0 Å². The molecule has 0 atom stereocenters. The standard InChI is InChI=1S/C21H20N2O4S2/c1-3-14-6-4-5-7-15(14)23-20(25)18(29-21(23)28)11-13-8-9-16(17(10-13)26-2)27-12-19(22)24/h4-11H,3,12H2,1-2H3,(H2,22,24)/b18-11+. The van der Waals surface area contributed by atoms with Crippen LogP contribution in [0.4, 0.5) is 5.69 Å². The Morgan fingerprint density at radius 1 is 1.24 bits per heavy atom. The van der Waals surface area contributed by atoms with E-state index in [4.69, 9.17) is 27.4 Å². The van der Waals surface area contributed by atoms with Crippen molar-refractivity contribution in [1.29, 1.82) is 0 Å². The summed E-state index contributed by atoms with van der Waals surface area (Å²) in [4.78, 5) is 26.0. The van der Waals surface area contributed by atoms with Crippen LogP contribution in [0.1, 0.15) is 18.1 Å². The number of primary amides is 1. The number of hydrogen-bond acceptors (Lipinski definition) is 6. The summed E-state index contributed by atoms with van der Waals surface area (Å²) < 4.78 is 11.1. The Kier molecular flexibility index (Phi) is 6.56. The SMILES string of the molecule is CCc1ccccc1N1C(=O)/C(=C\c2ccc(OCC(N)=O)c(OC)c2)SC1=S. The fourth-order valence-electron chi connectivity index (χ4n) is 2.90. The van der Waals surface area contributed by atoms with E-state index in [1.54, 1.807) is 29.2 Å². The van der Waals surface area contributed by atoms with Crippen LogP contribution in [0, 0.1) is 0 Å². The van der Waals surface area contributed by atoms with Gasteiger partial charge in [0.15, 0.2) is 22.4 Å². The molecule has 1 saturated heterocycles. The average Bonchev–Trinajstić information content (AvgIpc) is 2.99. The predicted octanol–water partition coefficient (Wildman–Crippen LogP) is 3.53. The lowest BCUT2D eigenvalue weighted by molar-refractivity contribution is -0.120. The quantitative estimate of drug-likeness (QED) is 0.537. The molecule has 0 aliphatic carbocycles. The molecule has 0 unspecified atom stereocenters. The summed E-state index contributed by atoms with van der Waals surface area (Å²) in [6.45, 7) is 1.80. The highest BCUT2D eigenvalue weighted by molar-refractivity contribution is 8.27. The zero-order valence-corrected chi connectivity index (χ0v) is 17.6. The third kappa shape index (κ3) is 4.60. The normalized spacial score (nSPS) is 15.1. The van der Waals surface area contributed by atoms with Gasteiger partial charge in [-0.25, -0.2) is 0 Å². The Morgan fingerprint density at radius 2 is 2.00 bits per heavy atom. The molecule has 150 valence electrons. The zero-order valence-electron chi connectivity index (χ0n) is 16.0. The summed E-state index contributed by atoms with van der Waals surface area (Å²) in [6.07, 6.45) is 2.56. The highest BCUT2D eigenvalue weighted by atomic mass is 32.2. The van der Waals surface area contributed by atoms with Crippen LogP contribution in [-0.2, 0) is 16.0 Å². The number of benzene rings is 2. The van der Waals surface area contributed by atoms with Crippen LogP contribution >= 0.6 is 24.0 Å². The van der Waals surface area contributed by atoms with Gasteiger partial charge in [0.2, 0.25) is 0 Å². The van der Waals surface area contributed by atoms with Crippen LogP contribution in [0.15, 0.2) is 47.4 Å². The summed E-state index contributed by atoms with van der Waals surface area (Å²) in [7, 11) is 1.50. The Hall–Kier alpha value is -2.84. The van der Waals surface area contributed by atoms with E-state index < -0.39 is 5.91 Å². The molecule has 2 aromatic carbocycles. The first kappa shape index (κ1) is 20.9. The van der Waals surface area contributed by atoms with Gasteiger partial charge in [-0.15, -0.1) is 0 Å². The second-order valence-corrected chi connectivity index (χ2v) is 7.84. The molecule has 6 nitrogen and oxygen atoms in total. The first-order valence-corrected chi connectivity index (χ1v) is 10.1. The van der Waals surface area contributed by atoms with Crippen molar-refractivity contribution in [3.63, 3.8) is 0 Å². The molecule has 29 heavy (non-hydrogen) atoms. The van der Waals surface area contributed by atoms with Gasteiger partial charge < -0.3 is 15.2 Å². The predicted molar refractivity (Wildman–Crippen MR) is 119 cm³/mol. The molecule has 1 heterocycles. The van der Waals surface area contributed by atoms with Crippen LogP contribution in [-0.4, -0.2) is 29.9 Å². The number of anilines is 1. The van der Waals surface area contributed by atoms with Gasteiger partial charge in [0, 0.05) is 0 Å². The van der Waals surface area contributed by atoms with E-state index in [1.165, 1.54) is 18.9 Å². The number of aryl methyl sites for hydroxylation is 1. The van der Waals surface area contributed by atoms with Crippen molar-refractivity contribution in [3.05, 3.63) is 58.5 Å². The lowest BCUT2D eigenvalue weighted by Gasteiger charge is -2.18. The molecule has 0 aromatic heterocycles. The molecule has 1 aliphatic heterocycles. The van der Waals surface area contributed by atoms with Crippen molar-refractivity contribution in [2.75, 3.05) is 18.6 Å². The number of thiocarbonyl (C=S) groups is 1. The van der Waals surface area contributed by atoms with Crippen molar-refractivity contribution < 1.29 is 19.1 Å². The Labute approximate surface area is 178 Å². The highest BCUT2D eigenvalue weighted by Crippen LogP contribution is 2.38. The average molecular weight is 429 g/mol. The maximum atomic E-state index is 13.0. The van der Waals surface area contributed by atoms with Gasteiger partial charge in [-0.2, -0.15) is 0 Å². The van der Waals surface area contributed by atoms with Gasteiger partial charge in [0.25, 0.3) is 11.8 Å². The van der Waals surface area contributed by atoms with Gasteiger partial charge in [-0.1, -0.05) is 55.2 Å². The number of nitrogens with two attached hydrogens (primary N) is 1. The third-order valence-electron chi connectivity index (χ3n) is 4.26. The molecule has 0 bridgehead atoms. The molecule has 2 aromatic rings. The summed E-state index contributed by atoms with van der Waals surface area (Å²) in [5.74, 6) is 0.0979. The van der Waals surface area contributed by atoms with Crippen molar-refractivity contribution in [2.24, 2.45) is 5.73 Å². The van der Waals surface area contributed by atoms with Crippen LogP contribution in [0.5, 0.6) is 11.5 Å². The van der Waals surface area contributed by atoms with Crippen LogP contribution in [0.3, 0.4) is 0 Å². The Bertz CT molecular complexity index is 1000. The van der Waals surface area contributed by atoms with E-state index in [2.05, 4.69) is 0 Å². The van der Waals surface area contributed by atoms with Gasteiger partial charge in [-0.3, -0.25) is 14.5 Å². The molecule has 8 heteroatoms. The number of methoxy groups -OCH3 is 1. The van der Waals surface area contributed by atoms with E-state index in [0.29, 0.717) is 20.7 Å². The lowest BCUT2D eigenvalue weighted by atomic mass is 10.1. The number of nitrogens with zero attached hydrogens (tertiary/aromatic N) is 1. The number of thioether (sulfide) groups is 1. The monoisotopic (exact) mass is 428 g/mol. The number of rotatable bonds is 7. The van der Waals surface area contributed by atoms with E-state index in [-0.39, 0.29) is 12.5 Å². The summed E-state index contributed by atoms with van der Waals surface area (Å²) in [5.41, 5.74) is 7.73. The molecular formula is C21H20N2O4S2. The summed E-state index contributed by atoms with van der Waals surface area (Å²) in [5, 5.41) is 0. The van der Waals surface area contributed by atoms with Crippen molar-refractivity contribution in [2.45, 2.75) is 13.3 Å². The van der Waals surface area contributed by atoms with E-state index in [0.717, 1.165) is 23.2 Å². The molecule has 1 fully saturated rings. The number of para-hydroxylation sites is 1. The zero-order chi connectivity index (χ0) is 21.0. The first-order valence-electron chi connectivity index (χ1n) is 8.89. The topological polar surface area (TPSA) is 81.9 Å². The van der Waals surface area contributed by atoms with Crippen molar-refractivity contribution >= 4 is 51.9 Å². The maximum Gasteiger partial charge on any atom is 0.270 e. The molecule has 1 aliphatic rings. The molecule has 2 amide bonds. The number of hydrogen-bond donors (Lipinski definition) is 1. The summed E-state index contributed by atoms with van der Waals surface area (Å²) >= 11 is 6.73.